The third-order valence-corrected chi connectivity index (χ3v) is 3.57. The summed E-state index contributed by atoms with van der Waals surface area (Å²) in [5.74, 6) is 0.620. The average Bonchev–Trinajstić information content (AvgIpc) is 2.54. The van der Waals surface area contributed by atoms with Gasteiger partial charge in [0.2, 0.25) is 5.91 Å². The summed E-state index contributed by atoms with van der Waals surface area (Å²) in [7, 11) is 3.54. The molecule has 0 aliphatic rings. The smallest absolute Gasteiger partial charge is 0.238 e. The van der Waals surface area contributed by atoms with Crippen LogP contribution in [0.2, 0.25) is 0 Å². The number of nitrogens with zero attached hydrogens (tertiary/aromatic N) is 2. The van der Waals surface area contributed by atoms with Crippen LogP contribution >= 0.6 is 0 Å². The second kappa shape index (κ2) is 8.29. The van der Waals surface area contributed by atoms with Crippen molar-refractivity contribution in [2.24, 2.45) is 0 Å². The van der Waals surface area contributed by atoms with E-state index in [1.807, 2.05) is 49.2 Å². The highest BCUT2D eigenvalue weighted by Crippen LogP contribution is 2.25. The molecule has 1 aromatic heterocycles. The van der Waals surface area contributed by atoms with Crippen molar-refractivity contribution >= 4 is 11.6 Å². The van der Waals surface area contributed by atoms with Crippen LogP contribution in [0.4, 0.5) is 5.69 Å². The van der Waals surface area contributed by atoms with Gasteiger partial charge in [0.15, 0.2) is 0 Å². The zero-order valence-corrected chi connectivity index (χ0v) is 13.9. The van der Waals surface area contributed by atoms with Crippen molar-refractivity contribution in [3.05, 3.63) is 53.9 Å². The highest BCUT2D eigenvalue weighted by atomic mass is 16.5. The predicted octanol–water partition coefficient (Wildman–Crippen LogP) is 2.51. The molecule has 0 radical (unpaired) electrons. The summed E-state index contributed by atoms with van der Waals surface area (Å²) < 4.78 is 5.28. The maximum atomic E-state index is 12.2. The Balaban J connectivity index is 1.85. The number of anilines is 1. The lowest BCUT2D eigenvalue weighted by molar-refractivity contribution is -0.117. The molecular weight excluding hydrogens is 290 g/mol. The van der Waals surface area contributed by atoms with Crippen molar-refractivity contribution in [3.8, 4) is 5.75 Å². The molecule has 0 saturated heterocycles. The number of methoxy groups -OCH3 is 1. The molecule has 0 atom stereocenters. The molecule has 122 valence electrons. The number of hydrogen-bond donors (Lipinski definition) is 1. The number of carbonyl (C=O) groups excluding carboxylic acids is 1. The number of rotatable bonds is 7. The van der Waals surface area contributed by atoms with Crippen molar-refractivity contribution in [1.29, 1.82) is 0 Å². The SMILES string of the molecule is COc1ccc(C)cc1NC(=O)CN(C)CCc1ccncc1. The van der Waals surface area contributed by atoms with Crippen LogP contribution in [-0.4, -0.2) is 43.0 Å². The predicted molar refractivity (Wildman–Crippen MR) is 91.8 cm³/mol. The largest absolute Gasteiger partial charge is 0.495 e. The Labute approximate surface area is 137 Å². The first-order valence-electron chi connectivity index (χ1n) is 7.60. The van der Waals surface area contributed by atoms with Crippen LogP contribution in [-0.2, 0) is 11.2 Å². The van der Waals surface area contributed by atoms with Gasteiger partial charge in [-0.15, -0.1) is 0 Å². The summed E-state index contributed by atoms with van der Waals surface area (Å²) in [5.41, 5.74) is 3.00. The molecule has 0 aliphatic carbocycles. The molecule has 0 aliphatic heterocycles. The monoisotopic (exact) mass is 313 g/mol. The van der Waals surface area contributed by atoms with E-state index in [4.69, 9.17) is 4.74 Å². The second-order valence-corrected chi connectivity index (χ2v) is 5.60. The highest BCUT2D eigenvalue weighted by molar-refractivity contribution is 5.93. The summed E-state index contributed by atoms with van der Waals surface area (Å²) in [6.45, 7) is 3.13. The number of hydrogen-bond acceptors (Lipinski definition) is 4. The quantitative estimate of drug-likeness (QED) is 0.853. The molecule has 1 amide bonds. The minimum Gasteiger partial charge on any atom is -0.495 e. The molecule has 0 unspecified atom stereocenters. The van der Waals surface area contributed by atoms with Crippen LogP contribution in [0, 0.1) is 6.92 Å². The number of likely N-dealkylation sites (N-methyl/N-ethyl adjacent to an activating group) is 1. The Bertz CT molecular complexity index is 644. The van der Waals surface area contributed by atoms with Gasteiger partial charge in [-0.1, -0.05) is 6.07 Å². The fraction of sp³-hybridized carbons (Fsp3) is 0.333. The van der Waals surface area contributed by atoms with Gasteiger partial charge in [-0.3, -0.25) is 14.7 Å². The molecular formula is C18H23N3O2. The van der Waals surface area contributed by atoms with Gasteiger partial charge in [0.05, 0.1) is 19.3 Å². The molecule has 2 aromatic rings. The van der Waals surface area contributed by atoms with E-state index in [0.29, 0.717) is 18.0 Å². The third kappa shape index (κ3) is 5.38. The minimum absolute atomic E-state index is 0.0499. The first-order valence-corrected chi connectivity index (χ1v) is 7.60. The summed E-state index contributed by atoms with van der Waals surface area (Å²) >= 11 is 0. The maximum absolute atomic E-state index is 12.2. The molecule has 1 N–H and O–H groups in total. The Morgan fingerprint density at radius 1 is 1.26 bits per heavy atom. The summed E-state index contributed by atoms with van der Waals surface area (Å²) in [4.78, 5) is 18.2. The van der Waals surface area contributed by atoms with Gasteiger partial charge in [0.25, 0.3) is 0 Å². The first-order chi connectivity index (χ1) is 11.1. The van der Waals surface area contributed by atoms with Crippen LogP contribution in [0.3, 0.4) is 0 Å². The van der Waals surface area contributed by atoms with Gasteiger partial charge in [-0.2, -0.15) is 0 Å². The molecule has 0 fully saturated rings. The standard InChI is InChI=1S/C18H23N3O2/c1-14-4-5-17(23-3)16(12-14)20-18(22)13-21(2)11-8-15-6-9-19-10-7-15/h4-7,9-10,12H,8,11,13H2,1-3H3,(H,20,22). The van der Waals surface area contributed by atoms with Gasteiger partial charge in [0.1, 0.15) is 5.75 Å². The Morgan fingerprint density at radius 3 is 2.70 bits per heavy atom. The van der Waals surface area contributed by atoms with Crippen molar-refractivity contribution in [2.45, 2.75) is 13.3 Å². The number of ether oxygens (including phenoxy) is 1. The van der Waals surface area contributed by atoms with Gasteiger partial charge >= 0.3 is 0 Å². The topological polar surface area (TPSA) is 54.5 Å². The number of aryl methyl sites for hydroxylation is 1. The molecule has 5 heteroatoms. The van der Waals surface area contributed by atoms with Crippen LogP contribution in [0.15, 0.2) is 42.7 Å². The Kier molecular flexibility index (Phi) is 6.11. The van der Waals surface area contributed by atoms with E-state index in [9.17, 15) is 4.79 Å². The number of amides is 1. The summed E-state index contributed by atoms with van der Waals surface area (Å²) in [6.07, 6.45) is 4.46. The number of aromatic nitrogens is 1. The van der Waals surface area contributed by atoms with Crippen molar-refractivity contribution in [1.82, 2.24) is 9.88 Å². The fourth-order valence-electron chi connectivity index (χ4n) is 2.30. The lowest BCUT2D eigenvalue weighted by atomic mass is 10.2. The van der Waals surface area contributed by atoms with Gasteiger partial charge in [-0.25, -0.2) is 0 Å². The van der Waals surface area contributed by atoms with Gasteiger partial charge in [0, 0.05) is 18.9 Å². The molecule has 2 rings (SSSR count). The molecule has 5 nitrogen and oxygen atoms in total. The van der Waals surface area contributed by atoms with Crippen molar-refractivity contribution < 1.29 is 9.53 Å². The molecule has 23 heavy (non-hydrogen) atoms. The maximum Gasteiger partial charge on any atom is 0.238 e. The molecule has 0 spiro atoms. The number of pyridine rings is 1. The average molecular weight is 313 g/mol. The molecule has 0 bridgehead atoms. The lowest BCUT2D eigenvalue weighted by Crippen LogP contribution is -2.31. The van der Waals surface area contributed by atoms with Crippen molar-refractivity contribution in [2.75, 3.05) is 32.6 Å². The van der Waals surface area contributed by atoms with Gasteiger partial charge < -0.3 is 10.1 Å². The first kappa shape index (κ1) is 17.0. The molecule has 0 saturated carbocycles. The van der Waals surface area contributed by atoms with E-state index < -0.39 is 0 Å². The zero-order chi connectivity index (χ0) is 16.7. The van der Waals surface area contributed by atoms with E-state index in [0.717, 1.165) is 18.5 Å². The number of nitrogens with one attached hydrogen (secondary N) is 1. The van der Waals surface area contributed by atoms with E-state index in [1.165, 1.54) is 5.56 Å². The van der Waals surface area contributed by atoms with Crippen LogP contribution in [0.25, 0.3) is 0 Å². The van der Waals surface area contributed by atoms with E-state index in [1.54, 1.807) is 19.5 Å². The number of carbonyl (C=O) groups is 1. The molecule has 1 aromatic carbocycles. The minimum atomic E-state index is -0.0499. The van der Waals surface area contributed by atoms with E-state index >= 15 is 0 Å². The van der Waals surface area contributed by atoms with Crippen LogP contribution in [0.1, 0.15) is 11.1 Å². The zero-order valence-electron chi connectivity index (χ0n) is 13.9. The van der Waals surface area contributed by atoms with Crippen LogP contribution < -0.4 is 10.1 Å². The summed E-state index contributed by atoms with van der Waals surface area (Å²) in [5, 5.41) is 2.92. The highest BCUT2D eigenvalue weighted by Gasteiger charge is 2.10. The van der Waals surface area contributed by atoms with E-state index in [-0.39, 0.29) is 5.91 Å². The van der Waals surface area contributed by atoms with Crippen LogP contribution in [0.5, 0.6) is 5.75 Å². The third-order valence-electron chi connectivity index (χ3n) is 3.57. The summed E-state index contributed by atoms with van der Waals surface area (Å²) in [6, 6.07) is 9.71. The Morgan fingerprint density at radius 2 is 2.00 bits per heavy atom. The lowest BCUT2D eigenvalue weighted by Gasteiger charge is -2.17. The van der Waals surface area contributed by atoms with E-state index in [2.05, 4.69) is 10.3 Å². The second-order valence-electron chi connectivity index (χ2n) is 5.60. The molecule has 1 heterocycles. The Hall–Kier alpha value is -2.40. The van der Waals surface area contributed by atoms with Gasteiger partial charge in [-0.05, 0) is 55.8 Å². The van der Waals surface area contributed by atoms with Crippen molar-refractivity contribution in [3.63, 3.8) is 0 Å². The number of benzene rings is 1. The normalized spacial score (nSPS) is 10.6. The fourth-order valence-corrected chi connectivity index (χ4v) is 2.30.